The molecule has 1 aromatic carbocycles. The average Bonchev–Trinajstić information content (AvgIpc) is 2.74. The molecule has 1 aliphatic heterocycles. The quantitative estimate of drug-likeness (QED) is 0.583. The minimum absolute atomic E-state index is 0.0207. The third-order valence-electron chi connectivity index (χ3n) is 3.10. The molecule has 1 amide bonds. The van der Waals surface area contributed by atoms with Gasteiger partial charge < -0.3 is 4.74 Å². The van der Waals surface area contributed by atoms with Gasteiger partial charge in [-0.05, 0) is 37.1 Å². The molecule has 112 valence electrons. The standard InChI is InChI=1S/C16H19NO2S2/c1-3-5-10-17-15(18)14(21-16(17)20)11-12-6-8-13(9-7-12)19-4-2/h6-9,11H,3-5,10H2,1-2H3/b14-11+. The summed E-state index contributed by atoms with van der Waals surface area (Å²) in [6, 6.07) is 7.72. The molecule has 1 fully saturated rings. The van der Waals surface area contributed by atoms with Gasteiger partial charge >= 0.3 is 0 Å². The van der Waals surface area contributed by atoms with Crippen LogP contribution in [0.4, 0.5) is 0 Å². The predicted molar refractivity (Wildman–Crippen MR) is 92.4 cm³/mol. The number of carbonyl (C=O) groups excluding carboxylic acids is 1. The van der Waals surface area contributed by atoms with E-state index < -0.39 is 0 Å². The Bertz CT molecular complexity index is 552. The second-order valence-corrected chi connectivity index (χ2v) is 6.36. The molecule has 1 saturated heterocycles. The molecule has 1 aromatic rings. The van der Waals surface area contributed by atoms with E-state index in [1.165, 1.54) is 11.8 Å². The first-order valence-corrected chi connectivity index (χ1v) is 8.36. The summed E-state index contributed by atoms with van der Waals surface area (Å²) in [7, 11) is 0. The van der Waals surface area contributed by atoms with E-state index in [0.717, 1.165) is 24.2 Å². The first-order valence-electron chi connectivity index (χ1n) is 7.14. The maximum atomic E-state index is 12.3. The van der Waals surface area contributed by atoms with Crippen molar-refractivity contribution in [2.45, 2.75) is 26.7 Å². The van der Waals surface area contributed by atoms with Gasteiger partial charge in [0, 0.05) is 6.54 Å². The van der Waals surface area contributed by atoms with E-state index in [1.54, 1.807) is 4.90 Å². The zero-order valence-corrected chi connectivity index (χ0v) is 13.9. The summed E-state index contributed by atoms with van der Waals surface area (Å²) in [6.07, 6.45) is 3.92. The third kappa shape index (κ3) is 4.08. The molecule has 0 atom stereocenters. The number of rotatable bonds is 6. The zero-order chi connectivity index (χ0) is 15.2. The van der Waals surface area contributed by atoms with Crippen molar-refractivity contribution in [3.05, 3.63) is 34.7 Å². The van der Waals surface area contributed by atoms with Crippen molar-refractivity contribution in [3.63, 3.8) is 0 Å². The molecule has 0 unspecified atom stereocenters. The summed E-state index contributed by atoms with van der Waals surface area (Å²) >= 11 is 6.67. The maximum absolute atomic E-state index is 12.3. The van der Waals surface area contributed by atoms with Gasteiger partial charge in [0.2, 0.25) is 0 Å². The zero-order valence-electron chi connectivity index (χ0n) is 12.3. The normalized spacial score (nSPS) is 16.9. The number of hydrogen-bond donors (Lipinski definition) is 0. The smallest absolute Gasteiger partial charge is 0.266 e. The average molecular weight is 321 g/mol. The number of hydrogen-bond acceptors (Lipinski definition) is 4. The van der Waals surface area contributed by atoms with Gasteiger partial charge in [-0.25, -0.2) is 0 Å². The molecule has 0 aromatic heterocycles. The Labute approximate surface area is 135 Å². The van der Waals surface area contributed by atoms with E-state index in [2.05, 4.69) is 6.92 Å². The highest BCUT2D eigenvalue weighted by molar-refractivity contribution is 8.26. The van der Waals surface area contributed by atoms with Crippen LogP contribution in [-0.4, -0.2) is 28.3 Å². The van der Waals surface area contributed by atoms with Crippen LogP contribution in [0.15, 0.2) is 29.2 Å². The number of unbranched alkanes of at least 4 members (excludes halogenated alkanes) is 1. The summed E-state index contributed by atoms with van der Waals surface area (Å²) in [5.41, 5.74) is 0.981. The van der Waals surface area contributed by atoms with Crippen LogP contribution < -0.4 is 4.74 Å². The van der Waals surface area contributed by atoms with Crippen molar-refractivity contribution in [1.29, 1.82) is 0 Å². The molecule has 0 saturated carbocycles. The van der Waals surface area contributed by atoms with Gasteiger partial charge in [-0.2, -0.15) is 0 Å². The molecule has 5 heteroatoms. The van der Waals surface area contributed by atoms with E-state index in [1.807, 2.05) is 37.3 Å². The Morgan fingerprint density at radius 3 is 2.62 bits per heavy atom. The van der Waals surface area contributed by atoms with Crippen molar-refractivity contribution in [2.24, 2.45) is 0 Å². The first kappa shape index (κ1) is 16.0. The number of amides is 1. The molecule has 3 nitrogen and oxygen atoms in total. The number of benzene rings is 1. The van der Waals surface area contributed by atoms with Crippen LogP contribution in [0.3, 0.4) is 0 Å². The third-order valence-corrected chi connectivity index (χ3v) is 4.48. The van der Waals surface area contributed by atoms with Crippen molar-refractivity contribution < 1.29 is 9.53 Å². The second kappa shape index (κ2) is 7.61. The summed E-state index contributed by atoms with van der Waals surface area (Å²) in [6.45, 7) is 5.42. The predicted octanol–water partition coefficient (Wildman–Crippen LogP) is 4.09. The fraction of sp³-hybridized carbons (Fsp3) is 0.375. The largest absolute Gasteiger partial charge is 0.494 e. The van der Waals surface area contributed by atoms with E-state index in [0.29, 0.717) is 22.4 Å². The van der Waals surface area contributed by atoms with Gasteiger partial charge in [-0.1, -0.05) is 49.5 Å². The number of thioether (sulfide) groups is 1. The number of nitrogens with zero attached hydrogens (tertiary/aromatic N) is 1. The summed E-state index contributed by atoms with van der Waals surface area (Å²) in [5.74, 6) is 0.859. The fourth-order valence-electron chi connectivity index (χ4n) is 1.99. The van der Waals surface area contributed by atoms with Crippen LogP contribution in [-0.2, 0) is 4.79 Å². The van der Waals surface area contributed by atoms with Crippen LogP contribution in [0.25, 0.3) is 6.08 Å². The van der Waals surface area contributed by atoms with Gasteiger partial charge in [0.05, 0.1) is 11.5 Å². The topological polar surface area (TPSA) is 29.5 Å². The number of thiocarbonyl (C=S) groups is 1. The Morgan fingerprint density at radius 2 is 2.00 bits per heavy atom. The lowest BCUT2D eigenvalue weighted by atomic mass is 10.2. The first-order chi connectivity index (χ1) is 10.2. The molecule has 2 rings (SSSR count). The molecular formula is C16H19NO2S2. The van der Waals surface area contributed by atoms with Crippen molar-refractivity contribution in [3.8, 4) is 5.75 Å². The molecule has 0 N–H and O–H groups in total. The lowest BCUT2D eigenvalue weighted by molar-refractivity contribution is -0.122. The van der Waals surface area contributed by atoms with Gasteiger partial charge in [-0.15, -0.1) is 0 Å². The van der Waals surface area contributed by atoms with Gasteiger partial charge in [0.25, 0.3) is 5.91 Å². The molecule has 0 radical (unpaired) electrons. The minimum Gasteiger partial charge on any atom is -0.494 e. The van der Waals surface area contributed by atoms with Crippen LogP contribution >= 0.6 is 24.0 Å². The lowest BCUT2D eigenvalue weighted by Gasteiger charge is -2.13. The van der Waals surface area contributed by atoms with E-state index in [9.17, 15) is 4.79 Å². The Morgan fingerprint density at radius 1 is 1.29 bits per heavy atom. The summed E-state index contributed by atoms with van der Waals surface area (Å²) in [5, 5.41) is 0. The van der Waals surface area contributed by atoms with Crippen LogP contribution in [0.2, 0.25) is 0 Å². The summed E-state index contributed by atoms with van der Waals surface area (Å²) in [4.78, 5) is 14.7. The molecule has 0 aliphatic carbocycles. The van der Waals surface area contributed by atoms with Gasteiger partial charge in [-0.3, -0.25) is 9.69 Å². The highest BCUT2D eigenvalue weighted by atomic mass is 32.2. The van der Waals surface area contributed by atoms with Crippen LogP contribution in [0.1, 0.15) is 32.3 Å². The maximum Gasteiger partial charge on any atom is 0.266 e. The van der Waals surface area contributed by atoms with Crippen molar-refractivity contribution >= 4 is 40.3 Å². The highest BCUT2D eigenvalue weighted by Gasteiger charge is 2.31. The Kier molecular flexibility index (Phi) is 5.82. The molecule has 21 heavy (non-hydrogen) atoms. The molecule has 1 heterocycles. The van der Waals surface area contributed by atoms with Crippen LogP contribution in [0, 0.1) is 0 Å². The monoisotopic (exact) mass is 321 g/mol. The minimum atomic E-state index is 0.0207. The van der Waals surface area contributed by atoms with Crippen molar-refractivity contribution in [1.82, 2.24) is 4.90 Å². The molecular weight excluding hydrogens is 302 g/mol. The van der Waals surface area contributed by atoms with Gasteiger partial charge in [0.1, 0.15) is 10.1 Å². The Balaban J connectivity index is 2.10. The fourth-order valence-corrected chi connectivity index (χ4v) is 3.30. The highest BCUT2D eigenvalue weighted by Crippen LogP contribution is 2.32. The molecule has 1 aliphatic rings. The van der Waals surface area contributed by atoms with Gasteiger partial charge in [0.15, 0.2) is 0 Å². The Hall–Kier alpha value is -1.33. The molecule has 0 bridgehead atoms. The summed E-state index contributed by atoms with van der Waals surface area (Å²) < 4.78 is 6.07. The van der Waals surface area contributed by atoms with E-state index >= 15 is 0 Å². The van der Waals surface area contributed by atoms with Crippen molar-refractivity contribution in [2.75, 3.05) is 13.2 Å². The number of carbonyl (C=O) groups is 1. The SMILES string of the molecule is CCCCN1C(=O)/C(=C\c2ccc(OCC)cc2)SC1=S. The number of ether oxygens (including phenoxy) is 1. The van der Waals surface area contributed by atoms with E-state index in [-0.39, 0.29) is 5.91 Å². The van der Waals surface area contributed by atoms with Crippen LogP contribution in [0.5, 0.6) is 5.75 Å². The molecule has 0 spiro atoms. The van der Waals surface area contributed by atoms with E-state index in [4.69, 9.17) is 17.0 Å². The lowest BCUT2D eigenvalue weighted by Crippen LogP contribution is -2.28. The second-order valence-electron chi connectivity index (χ2n) is 4.69.